The zero-order chi connectivity index (χ0) is 12.8. The van der Waals surface area contributed by atoms with Crippen LogP contribution in [0.4, 0.5) is 0 Å². The van der Waals surface area contributed by atoms with E-state index >= 15 is 0 Å². The second-order valence-corrected chi connectivity index (χ2v) is 3.56. The number of esters is 1. The van der Waals surface area contributed by atoms with Crippen LogP contribution in [0.5, 0.6) is 11.5 Å². The zero-order valence-corrected chi connectivity index (χ0v) is 10.6. The van der Waals surface area contributed by atoms with Crippen LogP contribution < -0.4 is 9.47 Å². The van der Waals surface area contributed by atoms with Crippen molar-refractivity contribution in [2.45, 2.75) is 19.3 Å². The Morgan fingerprint density at radius 3 is 2.06 bits per heavy atom. The van der Waals surface area contributed by atoms with Gasteiger partial charge in [-0.25, -0.2) is 0 Å². The highest BCUT2D eigenvalue weighted by Gasteiger charge is 2.26. The Morgan fingerprint density at radius 2 is 1.71 bits per heavy atom. The first kappa shape index (κ1) is 13.4. The van der Waals surface area contributed by atoms with E-state index in [4.69, 9.17) is 14.2 Å². The molecule has 0 heterocycles. The summed E-state index contributed by atoms with van der Waals surface area (Å²) >= 11 is 0. The van der Waals surface area contributed by atoms with E-state index in [1.165, 1.54) is 7.11 Å². The van der Waals surface area contributed by atoms with Crippen LogP contribution in [0.2, 0.25) is 0 Å². The van der Waals surface area contributed by atoms with E-state index in [1.807, 2.05) is 25.1 Å². The van der Waals surface area contributed by atoms with Gasteiger partial charge < -0.3 is 14.2 Å². The summed E-state index contributed by atoms with van der Waals surface area (Å²) in [6, 6.07) is 5.44. The molecule has 0 N–H and O–H groups in total. The summed E-state index contributed by atoms with van der Waals surface area (Å²) in [5.74, 6) is 0.629. The molecule has 17 heavy (non-hydrogen) atoms. The normalized spacial score (nSPS) is 11.8. The van der Waals surface area contributed by atoms with Gasteiger partial charge in [0.2, 0.25) is 0 Å². The third-order valence-electron chi connectivity index (χ3n) is 2.71. The molecule has 0 saturated heterocycles. The molecule has 0 aliphatic heterocycles. The largest absolute Gasteiger partial charge is 0.496 e. The first-order valence-electron chi connectivity index (χ1n) is 5.48. The molecule has 4 heteroatoms. The van der Waals surface area contributed by atoms with Crippen molar-refractivity contribution in [3.8, 4) is 11.5 Å². The highest BCUT2D eigenvalue weighted by Crippen LogP contribution is 2.37. The Kier molecular flexibility index (Phi) is 4.82. The number of carbonyl (C=O) groups excluding carboxylic acids is 1. The minimum absolute atomic E-state index is 0.282. The van der Waals surface area contributed by atoms with Crippen LogP contribution in [-0.2, 0) is 9.53 Å². The monoisotopic (exact) mass is 238 g/mol. The molecule has 94 valence electrons. The van der Waals surface area contributed by atoms with Crippen molar-refractivity contribution in [2.75, 3.05) is 21.3 Å². The van der Waals surface area contributed by atoms with Gasteiger partial charge in [-0.15, -0.1) is 0 Å². The third-order valence-corrected chi connectivity index (χ3v) is 2.71. The summed E-state index contributed by atoms with van der Waals surface area (Å²) in [5, 5.41) is 0. The fourth-order valence-electron chi connectivity index (χ4n) is 1.85. The molecule has 0 saturated carbocycles. The SMILES string of the molecule is CCC(C(=O)OC)c1c(OC)cccc1OC. The maximum atomic E-state index is 11.7. The van der Waals surface area contributed by atoms with Gasteiger partial charge in [-0.3, -0.25) is 4.79 Å². The van der Waals surface area contributed by atoms with Crippen molar-refractivity contribution in [3.05, 3.63) is 23.8 Å². The van der Waals surface area contributed by atoms with E-state index in [1.54, 1.807) is 14.2 Å². The maximum Gasteiger partial charge on any atom is 0.313 e. The third kappa shape index (κ3) is 2.70. The van der Waals surface area contributed by atoms with Gasteiger partial charge >= 0.3 is 5.97 Å². The van der Waals surface area contributed by atoms with E-state index in [-0.39, 0.29) is 11.9 Å². The van der Waals surface area contributed by atoms with Crippen LogP contribution in [-0.4, -0.2) is 27.3 Å². The number of hydrogen-bond acceptors (Lipinski definition) is 4. The predicted octanol–water partition coefficient (Wildman–Crippen LogP) is 2.37. The summed E-state index contributed by atoms with van der Waals surface area (Å²) in [7, 11) is 4.53. The molecule has 0 aromatic heterocycles. The molecule has 1 aromatic carbocycles. The molecule has 0 fully saturated rings. The summed E-state index contributed by atoms with van der Waals surface area (Å²) < 4.78 is 15.4. The molecule has 0 spiro atoms. The number of ether oxygens (including phenoxy) is 3. The van der Waals surface area contributed by atoms with Gasteiger partial charge in [0, 0.05) is 0 Å². The number of rotatable bonds is 5. The average Bonchev–Trinajstić information content (AvgIpc) is 2.39. The van der Waals surface area contributed by atoms with Crippen LogP contribution in [0.3, 0.4) is 0 Å². The Bertz CT molecular complexity index is 365. The molecule has 4 nitrogen and oxygen atoms in total. The van der Waals surface area contributed by atoms with Gasteiger partial charge in [0.05, 0.1) is 32.8 Å². The quantitative estimate of drug-likeness (QED) is 0.739. The Morgan fingerprint density at radius 1 is 1.18 bits per heavy atom. The van der Waals surface area contributed by atoms with Crippen LogP contribution in [0.1, 0.15) is 24.8 Å². The smallest absolute Gasteiger partial charge is 0.313 e. The number of benzene rings is 1. The van der Waals surface area contributed by atoms with E-state index in [9.17, 15) is 4.79 Å². The van der Waals surface area contributed by atoms with Crippen molar-refractivity contribution >= 4 is 5.97 Å². The molecular formula is C13H18O4. The second kappa shape index (κ2) is 6.13. The van der Waals surface area contributed by atoms with Gasteiger partial charge in [0.1, 0.15) is 11.5 Å². The first-order valence-corrected chi connectivity index (χ1v) is 5.48. The highest BCUT2D eigenvalue weighted by atomic mass is 16.5. The zero-order valence-electron chi connectivity index (χ0n) is 10.6. The standard InChI is InChI=1S/C13H18O4/c1-5-9(13(14)17-4)12-10(15-2)7-6-8-11(12)16-3/h6-9H,5H2,1-4H3. The van der Waals surface area contributed by atoms with Gasteiger partial charge in [-0.05, 0) is 18.6 Å². The molecule has 0 amide bonds. The second-order valence-electron chi connectivity index (χ2n) is 3.56. The van der Waals surface area contributed by atoms with Crippen molar-refractivity contribution in [2.24, 2.45) is 0 Å². The Balaban J connectivity index is 3.29. The fourth-order valence-corrected chi connectivity index (χ4v) is 1.85. The summed E-state index contributed by atoms with van der Waals surface area (Å²) in [6.45, 7) is 1.92. The molecule has 1 atom stereocenters. The number of methoxy groups -OCH3 is 3. The lowest BCUT2D eigenvalue weighted by molar-refractivity contribution is -0.142. The van der Waals surface area contributed by atoms with Crippen LogP contribution in [0, 0.1) is 0 Å². The van der Waals surface area contributed by atoms with Crippen molar-refractivity contribution in [3.63, 3.8) is 0 Å². The molecule has 1 aromatic rings. The minimum atomic E-state index is -0.369. The Hall–Kier alpha value is -1.71. The average molecular weight is 238 g/mol. The van der Waals surface area contributed by atoms with E-state index in [2.05, 4.69) is 0 Å². The molecule has 1 rings (SSSR count). The first-order chi connectivity index (χ1) is 8.19. The minimum Gasteiger partial charge on any atom is -0.496 e. The highest BCUT2D eigenvalue weighted by molar-refractivity contribution is 5.80. The lowest BCUT2D eigenvalue weighted by atomic mass is 9.94. The van der Waals surface area contributed by atoms with E-state index in [0.29, 0.717) is 17.9 Å². The molecule has 1 unspecified atom stereocenters. The number of carbonyl (C=O) groups is 1. The van der Waals surface area contributed by atoms with Gasteiger partial charge in [-0.1, -0.05) is 13.0 Å². The maximum absolute atomic E-state index is 11.7. The molecule has 0 bridgehead atoms. The fraction of sp³-hybridized carbons (Fsp3) is 0.462. The summed E-state index contributed by atoms with van der Waals surface area (Å²) in [5.41, 5.74) is 0.742. The van der Waals surface area contributed by atoms with Gasteiger partial charge in [0.25, 0.3) is 0 Å². The predicted molar refractivity (Wildman–Crippen MR) is 64.6 cm³/mol. The van der Waals surface area contributed by atoms with Crippen LogP contribution in [0.25, 0.3) is 0 Å². The van der Waals surface area contributed by atoms with Crippen LogP contribution >= 0.6 is 0 Å². The van der Waals surface area contributed by atoms with Crippen molar-refractivity contribution in [1.82, 2.24) is 0 Å². The summed E-state index contributed by atoms with van der Waals surface area (Å²) in [6.07, 6.45) is 0.628. The van der Waals surface area contributed by atoms with Gasteiger partial charge in [-0.2, -0.15) is 0 Å². The molecular weight excluding hydrogens is 220 g/mol. The molecule has 0 radical (unpaired) electrons. The number of hydrogen-bond donors (Lipinski definition) is 0. The van der Waals surface area contributed by atoms with Crippen LogP contribution in [0.15, 0.2) is 18.2 Å². The van der Waals surface area contributed by atoms with E-state index < -0.39 is 0 Å². The summed E-state index contributed by atoms with van der Waals surface area (Å²) in [4.78, 5) is 11.7. The van der Waals surface area contributed by atoms with Gasteiger partial charge in [0.15, 0.2) is 0 Å². The molecule has 0 aliphatic carbocycles. The topological polar surface area (TPSA) is 44.8 Å². The lowest BCUT2D eigenvalue weighted by Crippen LogP contribution is -2.15. The molecule has 0 aliphatic rings. The Labute approximate surface area is 101 Å². The lowest BCUT2D eigenvalue weighted by Gasteiger charge is -2.19. The van der Waals surface area contributed by atoms with Crippen molar-refractivity contribution in [1.29, 1.82) is 0 Å². The van der Waals surface area contributed by atoms with Crippen molar-refractivity contribution < 1.29 is 19.0 Å². The van der Waals surface area contributed by atoms with E-state index in [0.717, 1.165) is 5.56 Å².